The van der Waals surface area contributed by atoms with Crippen LogP contribution in [0, 0.1) is 6.92 Å². The van der Waals surface area contributed by atoms with Crippen molar-refractivity contribution in [2.45, 2.75) is 52.0 Å². The molecule has 3 aromatic rings. The maximum absolute atomic E-state index is 13.9. The molecule has 1 aliphatic heterocycles. The van der Waals surface area contributed by atoms with Gasteiger partial charge >= 0.3 is 0 Å². The molecule has 2 amide bonds. The molecule has 0 saturated carbocycles. The van der Waals surface area contributed by atoms with Gasteiger partial charge in [-0.2, -0.15) is 0 Å². The lowest BCUT2D eigenvalue weighted by molar-refractivity contribution is -0.122. The molecule has 0 unspecified atom stereocenters. The molecule has 0 N–H and O–H groups in total. The molecule has 0 aliphatic carbocycles. The number of nitrogens with zero attached hydrogens (tertiary/aromatic N) is 5. The predicted molar refractivity (Wildman–Crippen MR) is 146 cm³/mol. The zero-order valence-corrected chi connectivity index (χ0v) is 22.6. The Kier molecular flexibility index (Phi) is 9.48. The average molecular weight is 520 g/mol. The SMILES string of the molecule is COCC(=O)N1CCCCCCCCN(C(=O)c2nnn(-c3cccc(OC)c3)c2C)Cc2ccccc21. The molecule has 0 fully saturated rings. The summed E-state index contributed by atoms with van der Waals surface area (Å²) in [4.78, 5) is 30.5. The van der Waals surface area contributed by atoms with Crippen LogP contribution in [0.2, 0.25) is 0 Å². The minimum Gasteiger partial charge on any atom is -0.497 e. The number of carbonyl (C=O) groups is 2. The van der Waals surface area contributed by atoms with Crippen LogP contribution >= 0.6 is 0 Å². The summed E-state index contributed by atoms with van der Waals surface area (Å²) in [5, 5.41) is 8.58. The fourth-order valence-corrected chi connectivity index (χ4v) is 4.89. The molecule has 2 aromatic carbocycles. The Labute approximate surface area is 224 Å². The van der Waals surface area contributed by atoms with Crippen LogP contribution in [0.3, 0.4) is 0 Å². The Morgan fingerprint density at radius 3 is 2.42 bits per heavy atom. The first-order valence-corrected chi connectivity index (χ1v) is 13.3. The summed E-state index contributed by atoms with van der Waals surface area (Å²) in [6, 6.07) is 15.3. The number of methoxy groups -OCH3 is 2. The number of fused-ring (bicyclic) bond motifs is 1. The van der Waals surface area contributed by atoms with Gasteiger partial charge in [0.25, 0.3) is 11.8 Å². The Morgan fingerprint density at radius 2 is 1.66 bits per heavy atom. The fraction of sp³-hybridized carbons (Fsp3) is 0.448. The Balaban J connectivity index is 1.66. The highest BCUT2D eigenvalue weighted by atomic mass is 16.5. The van der Waals surface area contributed by atoms with E-state index >= 15 is 0 Å². The molecule has 0 spiro atoms. The first-order chi connectivity index (χ1) is 18.5. The van der Waals surface area contributed by atoms with Crippen molar-refractivity contribution in [2.24, 2.45) is 0 Å². The van der Waals surface area contributed by atoms with Crippen LogP contribution in [0.5, 0.6) is 5.75 Å². The summed E-state index contributed by atoms with van der Waals surface area (Å²) in [7, 11) is 3.15. The van der Waals surface area contributed by atoms with Crippen molar-refractivity contribution in [2.75, 3.05) is 38.8 Å². The van der Waals surface area contributed by atoms with Gasteiger partial charge in [0.2, 0.25) is 0 Å². The molecule has 2 heterocycles. The van der Waals surface area contributed by atoms with Gasteiger partial charge in [0.15, 0.2) is 5.69 Å². The van der Waals surface area contributed by atoms with Gasteiger partial charge in [-0.15, -0.1) is 5.10 Å². The number of ether oxygens (including phenoxy) is 2. The lowest BCUT2D eigenvalue weighted by Gasteiger charge is -2.28. The molecule has 0 radical (unpaired) electrons. The molecule has 38 heavy (non-hydrogen) atoms. The van der Waals surface area contributed by atoms with Gasteiger partial charge in [-0.05, 0) is 43.5 Å². The van der Waals surface area contributed by atoms with E-state index in [0.29, 0.717) is 36.8 Å². The number of anilines is 1. The summed E-state index contributed by atoms with van der Waals surface area (Å²) in [5.74, 6) is 0.453. The number of benzene rings is 2. The maximum Gasteiger partial charge on any atom is 0.276 e. The van der Waals surface area contributed by atoms with E-state index in [9.17, 15) is 9.59 Å². The smallest absolute Gasteiger partial charge is 0.276 e. The Bertz CT molecular complexity index is 1240. The largest absolute Gasteiger partial charge is 0.497 e. The third kappa shape index (κ3) is 6.39. The van der Waals surface area contributed by atoms with E-state index < -0.39 is 0 Å². The van der Waals surface area contributed by atoms with Crippen LogP contribution in [0.25, 0.3) is 5.69 Å². The molecular formula is C29H37N5O4. The number of hydrogen-bond acceptors (Lipinski definition) is 6. The van der Waals surface area contributed by atoms with E-state index in [4.69, 9.17) is 9.47 Å². The van der Waals surface area contributed by atoms with Crippen LogP contribution in [0.15, 0.2) is 48.5 Å². The van der Waals surface area contributed by atoms with Crippen LogP contribution in [0.4, 0.5) is 5.69 Å². The highest BCUT2D eigenvalue weighted by Crippen LogP contribution is 2.26. The minimum atomic E-state index is -0.170. The lowest BCUT2D eigenvalue weighted by atomic mass is 10.1. The highest BCUT2D eigenvalue weighted by Gasteiger charge is 2.26. The first kappa shape index (κ1) is 27.3. The molecule has 9 heteroatoms. The molecule has 9 nitrogen and oxygen atoms in total. The Hall–Kier alpha value is -3.72. The van der Waals surface area contributed by atoms with Crippen LogP contribution in [-0.4, -0.2) is 65.6 Å². The van der Waals surface area contributed by atoms with E-state index in [1.165, 1.54) is 7.11 Å². The second-order valence-corrected chi connectivity index (χ2v) is 9.59. The van der Waals surface area contributed by atoms with E-state index in [2.05, 4.69) is 10.3 Å². The third-order valence-corrected chi connectivity index (χ3v) is 6.95. The number of hydrogen-bond donors (Lipinski definition) is 0. The second kappa shape index (κ2) is 13.2. The molecular weight excluding hydrogens is 482 g/mol. The summed E-state index contributed by atoms with van der Waals surface area (Å²) >= 11 is 0. The Morgan fingerprint density at radius 1 is 0.921 bits per heavy atom. The van der Waals surface area contributed by atoms with Crippen molar-refractivity contribution in [3.63, 3.8) is 0 Å². The zero-order valence-electron chi connectivity index (χ0n) is 22.6. The quantitative estimate of drug-likeness (QED) is 0.491. The number of para-hydroxylation sites is 1. The summed E-state index contributed by atoms with van der Waals surface area (Å²) in [6.07, 6.45) is 6.16. The van der Waals surface area contributed by atoms with Gasteiger partial charge in [0.05, 0.1) is 18.5 Å². The molecule has 4 rings (SSSR count). The zero-order chi connectivity index (χ0) is 26.9. The van der Waals surface area contributed by atoms with Crippen LogP contribution in [-0.2, 0) is 16.1 Å². The van der Waals surface area contributed by atoms with Gasteiger partial charge in [0, 0.05) is 38.5 Å². The molecule has 202 valence electrons. The molecule has 1 aromatic heterocycles. The maximum atomic E-state index is 13.9. The van der Waals surface area contributed by atoms with E-state index in [1.807, 2.05) is 65.3 Å². The van der Waals surface area contributed by atoms with Crippen LogP contribution < -0.4 is 9.64 Å². The number of carbonyl (C=O) groups excluding carboxylic acids is 2. The number of aromatic nitrogens is 3. The number of rotatable bonds is 5. The molecule has 0 saturated heterocycles. The van der Waals surface area contributed by atoms with E-state index in [-0.39, 0.29) is 18.4 Å². The van der Waals surface area contributed by atoms with E-state index in [0.717, 1.165) is 55.5 Å². The molecule has 1 aliphatic rings. The van der Waals surface area contributed by atoms with Crippen molar-refractivity contribution in [1.29, 1.82) is 0 Å². The summed E-state index contributed by atoms with van der Waals surface area (Å²) < 4.78 is 12.2. The van der Waals surface area contributed by atoms with Gasteiger partial charge in [-0.25, -0.2) is 4.68 Å². The minimum absolute atomic E-state index is 0.0174. The first-order valence-electron chi connectivity index (χ1n) is 13.3. The van der Waals surface area contributed by atoms with Crippen molar-refractivity contribution in [3.8, 4) is 11.4 Å². The van der Waals surface area contributed by atoms with Crippen molar-refractivity contribution < 1.29 is 19.1 Å². The average Bonchev–Trinajstić information content (AvgIpc) is 3.33. The summed E-state index contributed by atoms with van der Waals surface area (Å²) in [6.45, 7) is 3.47. The topological polar surface area (TPSA) is 89.8 Å². The summed E-state index contributed by atoms with van der Waals surface area (Å²) in [5.41, 5.74) is 3.50. The molecule has 0 bridgehead atoms. The number of amides is 2. The highest BCUT2D eigenvalue weighted by molar-refractivity contribution is 5.96. The van der Waals surface area contributed by atoms with E-state index in [1.54, 1.807) is 11.8 Å². The normalized spacial score (nSPS) is 15.1. The predicted octanol–water partition coefficient (Wildman–Crippen LogP) is 4.56. The van der Waals surface area contributed by atoms with Gasteiger partial charge in [-0.3, -0.25) is 9.59 Å². The third-order valence-electron chi connectivity index (χ3n) is 6.95. The molecule has 0 atom stereocenters. The van der Waals surface area contributed by atoms with Crippen molar-refractivity contribution >= 4 is 17.5 Å². The van der Waals surface area contributed by atoms with Crippen molar-refractivity contribution in [3.05, 3.63) is 65.5 Å². The fourth-order valence-electron chi connectivity index (χ4n) is 4.89. The van der Waals surface area contributed by atoms with Gasteiger partial charge in [-0.1, -0.05) is 55.2 Å². The lowest BCUT2D eigenvalue weighted by Crippen LogP contribution is -2.37. The van der Waals surface area contributed by atoms with Crippen molar-refractivity contribution in [1.82, 2.24) is 19.9 Å². The van der Waals surface area contributed by atoms with Gasteiger partial charge in [0.1, 0.15) is 12.4 Å². The standard InChI is InChI=1S/C29H37N5O4/c1-22-28(30-31-34(22)24-14-12-15-25(19-24)38-3)29(36)32-17-10-6-4-5-7-11-18-33(27(35)21-37-2)26-16-9-8-13-23(26)20-32/h8-9,12-16,19H,4-7,10-11,17-18,20-21H2,1-3H3. The van der Waals surface area contributed by atoms with Gasteiger partial charge < -0.3 is 19.3 Å². The monoisotopic (exact) mass is 519 g/mol. The van der Waals surface area contributed by atoms with Crippen LogP contribution in [0.1, 0.15) is 60.3 Å². The second-order valence-electron chi connectivity index (χ2n) is 9.59.